The van der Waals surface area contributed by atoms with E-state index in [1.54, 1.807) is 0 Å². The summed E-state index contributed by atoms with van der Waals surface area (Å²) in [6.07, 6.45) is 67.0. The highest BCUT2D eigenvalue weighted by atomic mass is 31.2. The van der Waals surface area contributed by atoms with E-state index in [2.05, 4.69) is 34.6 Å². The van der Waals surface area contributed by atoms with Crippen LogP contribution in [0.15, 0.2) is 0 Å². The summed E-state index contributed by atoms with van der Waals surface area (Å²) in [4.78, 5) is 72.8. The molecule has 0 fully saturated rings. The van der Waals surface area contributed by atoms with Crippen molar-refractivity contribution in [3.05, 3.63) is 0 Å². The third-order valence-electron chi connectivity index (χ3n) is 19.3. The minimum absolute atomic E-state index is 0.107. The van der Waals surface area contributed by atoms with Crippen molar-refractivity contribution in [1.82, 2.24) is 0 Å². The van der Waals surface area contributed by atoms with Gasteiger partial charge < -0.3 is 33.8 Å². The van der Waals surface area contributed by atoms with Crippen LogP contribution in [0, 0.1) is 5.92 Å². The van der Waals surface area contributed by atoms with Gasteiger partial charge in [0, 0.05) is 25.7 Å². The van der Waals surface area contributed by atoms with Crippen LogP contribution in [0.5, 0.6) is 0 Å². The molecule has 0 aromatic heterocycles. The summed E-state index contributed by atoms with van der Waals surface area (Å²) in [5.74, 6) is -1.29. The molecule has 0 aromatic carbocycles. The van der Waals surface area contributed by atoms with Gasteiger partial charge in [0.05, 0.1) is 26.4 Å². The molecule has 0 aliphatic rings. The summed E-state index contributed by atoms with van der Waals surface area (Å²) >= 11 is 0. The van der Waals surface area contributed by atoms with Gasteiger partial charge in [-0.1, -0.05) is 388 Å². The Labute approximate surface area is 619 Å². The predicted octanol–water partition coefficient (Wildman–Crippen LogP) is 24.8. The van der Waals surface area contributed by atoms with Gasteiger partial charge in [-0.2, -0.15) is 0 Å². The third-order valence-corrected chi connectivity index (χ3v) is 21.2. The number of phosphoric ester groups is 2. The van der Waals surface area contributed by atoms with Crippen LogP contribution in [0.2, 0.25) is 0 Å². The van der Waals surface area contributed by atoms with Gasteiger partial charge in [-0.25, -0.2) is 9.13 Å². The molecule has 0 radical (unpaired) electrons. The number of esters is 4. The highest BCUT2D eigenvalue weighted by molar-refractivity contribution is 7.47. The van der Waals surface area contributed by atoms with E-state index >= 15 is 0 Å². The van der Waals surface area contributed by atoms with Crippen molar-refractivity contribution in [2.24, 2.45) is 5.92 Å². The normalized spacial score (nSPS) is 13.8. The lowest BCUT2D eigenvalue weighted by Crippen LogP contribution is -2.30. The fraction of sp³-hybridized carbons (Fsp3) is 0.951. The van der Waals surface area contributed by atoms with E-state index in [0.29, 0.717) is 25.7 Å². The van der Waals surface area contributed by atoms with Crippen LogP contribution in [0.25, 0.3) is 0 Å². The lowest BCUT2D eigenvalue weighted by Gasteiger charge is -2.21. The minimum Gasteiger partial charge on any atom is -0.462 e. The van der Waals surface area contributed by atoms with Crippen molar-refractivity contribution in [3.8, 4) is 0 Å². The molecule has 0 aliphatic carbocycles. The fourth-order valence-electron chi connectivity index (χ4n) is 12.8. The molecule has 3 N–H and O–H groups in total. The average molecular weight is 1480 g/mol. The van der Waals surface area contributed by atoms with Crippen molar-refractivity contribution in [2.75, 3.05) is 39.6 Å². The summed E-state index contributed by atoms with van der Waals surface area (Å²) in [5, 5.41) is 10.6. The molecule has 0 aliphatic heterocycles. The molecule has 17 nitrogen and oxygen atoms in total. The summed E-state index contributed by atoms with van der Waals surface area (Å²) in [6, 6.07) is 0. The van der Waals surface area contributed by atoms with E-state index in [-0.39, 0.29) is 25.7 Å². The fourth-order valence-corrected chi connectivity index (χ4v) is 14.3. The number of aliphatic hydroxyl groups is 1. The van der Waals surface area contributed by atoms with Crippen molar-refractivity contribution in [3.63, 3.8) is 0 Å². The summed E-state index contributed by atoms with van der Waals surface area (Å²) in [6.45, 7) is 7.32. The molecule has 600 valence electrons. The Morgan fingerprint density at radius 3 is 0.673 bits per heavy atom. The van der Waals surface area contributed by atoms with Crippen LogP contribution in [0.1, 0.15) is 439 Å². The number of phosphoric acid groups is 2. The van der Waals surface area contributed by atoms with Crippen LogP contribution < -0.4 is 0 Å². The number of hydrogen-bond acceptors (Lipinski definition) is 15. The number of unbranched alkanes of at least 4 members (excludes halogenated alkanes) is 54. The lowest BCUT2D eigenvalue weighted by atomic mass is 10.0. The minimum atomic E-state index is -4.96. The Hall–Kier alpha value is -1.94. The molecule has 0 rings (SSSR count). The van der Waals surface area contributed by atoms with Gasteiger partial charge in [0.25, 0.3) is 0 Å². The number of ether oxygens (including phenoxy) is 4. The predicted molar refractivity (Wildman–Crippen MR) is 414 cm³/mol. The topological polar surface area (TPSA) is 237 Å². The molecule has 0 heterocycles. The second kappa shape index (κ2) is 74.9. The maximum Gasteiger partial charge on any atom is 0.472 e. The van der Waals surface area contributed by atoms with Crippen LogP contribution in [0.4, 0.5) is 0 Å². The van der Waals surface area contributed by atoms with E-state index < -0.39 is 97.5 Å². The second-order valence-corrected chi connectivity index (χ2v) is 32.9. The zero-order chi connectivity index (χ0) is 74.1. The Kier molecular flexibility index (Phi) is 73.5. The first-order valence-corrected chi connectivity index (χ1v) is 45.6. The average Bonchev–Trinajstić information content (AvgIpc) is 0.930. The van der Waals surface area contributed by atoms with Crippen molar-refractivity contribution in [1.29, 1.82) is 0 Å². The number of aliphatic hydroxyl groups excluding tert-OH is 1. The Balaban J connectivity index is 5.13. The monoisotopic (exact) mass is 1480 g/mol. The Morgan fingerprint density at radius 1 is 0.267 bits per heavy atom. The second-order valence-electron chi connectivity index (χ2n) is 30.0. The van der Waals surface area contributed by atoms with E-state index in [0.717, 1.165) is 102 Å². The highest BCUT2D eigenvalue weighted by Crippen LogP contribution is 2.45. The molecule has 0 bridgehead atoms. The maximum atomic E-state index is 13.1. The zero-order valence-corrected chi connectivity index (χ0v) is 67.8. The smallest absolute Gasteiger partial charge is 0.462 e. The van der Waals surface area contributed by atoms with Gasteiger partial charge in [-0.15, -0.1) is 0 Å². The molecular weight excluding hydrogens is 1320 g/mol. The maximum absolute atomic E-state index is 13.1. The van der Waals surface area contributed by atoms with Crippen LogP contribution in [0.3, 0.4) is 0 Å². The van der Waals surface area contributed by atoms with Crippen molar-refractivity contribution in [2.45, 2.75) is 457 Å². The van der Waals surface area contributed by atoms with Crippen LogP contribution in [-0.2, 0) is 65.4 Å². The number of carbonyl (C=O) groups is 4. The van der Waals surface area contributed by atoms with Gasteiger partial charge >= 0.3 is 39.5 Å². The Bertz CT molecular complexity index is 1930. The quantitative estimate of drug-likeness (QED) is 0.0222. The third kappa shape index (κ3) is 76.1. The molecule has 0 amide bonds. The van der Waals surface area contributed by atoms with Crippen molar-refractivity contribution < 1.29 is 80.2 Å². The molecule has 19 heteroatoms. The van der Waals surface area contributed by atoms with E-state index in [1.807, 2.05) is 0 Å². The van der Waals surface area contributed by atoms with Gasteiger partial charge in [0.15, 0.2) is 12.2 Å². The molecule has 101 heavy (non-hydrogen) atoms. The zero-order valence-electron chi connectivity index (χ0n) is 66.1. The molecule has 5 atom stereocenters. The highest BCUT2D eigenvalue weighted by Gasteiger charge is 2.30. The molecular formula is C82H160O17P2. The molecule has 0 spiro atoms. The summed E-state index contributed by atoms with van der Waals surface area (Å²) < 4.78 is 68.6. The number of rotatable bonds is 82. The summed E-state index contributed by atoms with van der Waals surface area (Å²) in [5.41, 5.74) is 0. The van der Waals surface area contributed by atoms with Crippen molar-refractivity contribution >= 4 is 39.5 Å². The van der Waals surface area contributed by atoms with E-state index in [9.17, 15) is 43.2 Å². The van der Waals surface area contributed by atoms with E-state index in [4.69, 9.17) is 37.0 Å². The standard InChI is InChI=1S/C82H160O17P2/c1-6-9-12-15-18-21-23-24-25-26-27-28-29-30-35-38-41-44-48-53-58-63-68-82(87)99-78(72-93-80(85)66-61-56-51-47-43-40-37-34-32-31-33-36-39-42-45-49-54-59-64-75(4)5)74-97-101(90,91)95-70-76(83)69-94-100(88,89)96-73-77(71-92-79(84)65-60-55-50-20-17-14-11-8-3)98-81(86)67-62-57-52-46-22-19-16-13-10-7-2/h75-78,83H,6-74H2,1-5H3,(H,88,89)(H,90,91)/t76-,77+,78+/m0/s1. The first kappa shape index (κ1) is 99.1. The van der Waals surface area contributed by atoms with Gasteiger partial charge in [-0.3, -0.25) is 37.3 Å². The Morgan fingerprint density at radius 2 is 0.455 bits per heavy atom. The first-order valence-electron chi connectivity index (χ1n) is 42.6. The molecule has 0 saturated heterocycles. The van der Waals surface area contributed by atoms with Gasteiger partial charge in [0.1, 0.15) is 19.3 Å². The molecule has 0 saturated carbocycles. The van der Waals surface area contributed by atoms with Crippen LogP contribution >= 0.6 is 15.6 Å². The lowest BCUT2D eigenvalue weighted by molar-refractivity contribution is -0.161. The number of hydrogen-bond donors (Lipinski definition) is 3. The van der Waals surface area contributed by atoms with E-state index in [1.165, 1.54) is 257 Å². The summed E-state index contributed by atoms with van der Waals surface area (Å²) in [7, 11) is -9.91. The number of carbonyl (C=O) groups excluding carboxylic acids is 4. The van der Waals surface area contributed by atoms with Crippen LogP contribution in [-0.4, -0.2) is 96.7 Å². The molecule has 2 unspecified atom stereocenters. The largest absolute Gasteiger partial charge is 0.472 e. The SMILES string of the molecule is CCCCCCCCCCCCCCCCCCCCCCCCC(=O)O[C@H](COC(=O)CCCCCCCCCCCCCCCCCCCCC(C)C)COP(=O)(O)OC[C@@H](O)COP(=O)(O)OC[C@@H](COC(=O)CCCCCCCCCC)OC(=O)CCCCCCCCCCCC. The molecule has 0 aromatic rings. The van der Waals surface area contributed by atoms with Gasteiger partial charge in [0.2, 0.25) is 0 Å². The van der Waals surface area contributed by atoms with Gasteiger partial charge in [-0.05, 0) is 31.6 Å². The first-order chi connectivity index (χ1) is 49.0.